The van der Waals surface area contributed by atoms with Crippen molar-refractivity contribution in [2.45, 2.75) is 66.2 Å². The predicted molar refractivity (Wildman–Crippen MR) is 181 cm³/mol. The molecule has 0 radical (unpaired) electrons. The number of aromatic nitrogens is 4. The van der Waals surface area contributed by atoms with Gasteiger partial charge in [-0.05, 0) is 87.4 Å². The number of benzene rings is 3. The van der Waals surface area contributed by atoms with Crippen molar-refractivity contribution in [1.29, 1.82) is 0 Å². The number of rotatable bonds is 7. The summed E-state index contributed by atoms with van der Waals surface area (Å²) in [5.41, 5.74) is 9.32. The minimum Gasteiger partial charge on any atom is -0.457 e. The normalized spacial score (nSPS) is 16.8. The van der Waals surface area contributed by atoms with Crippen LogP contribution in [0.5, 0.6) is 11.5 Å². The van der Waals surface area contributed by atoms with Gasteiger partial charge in [0.2, 0.25) is 0 Å². The first-order valence-electron chi connectivity index (χ1n) is 16.1. The van der Waals surface area contributed by atoms with E-state index >= 15 is 0 Å². The lowest BCUT2D eigenvalue weighted by Gasteiger charge is -2.30. The Balaban J connectivity index is 1.31. The fourth-order valence-corrected chi connectivity index (χ4v) is 7.34. The fraction of sp³-hybridized carbons (Fsp3) is 0.282. The summed E-state index contributed by atoms with van der Waals surface area (Å²) in [6.45, 7) is 11.2. The number of nitrogens with zero attached hydrogens (tertiary/aromatic N) is 4. The summed E-state index contributed by atoms with van der Waals surface area (Å²) >= 11 is 0. The number of hydrogen-bond acceptors (Lipinski definition) is 3. The van der Waals surface area contributed by atoms with Crippen LogP contribution in [0.3, 0.4) is 0 Å². The monoisotopic (exact) mass is 598 g/mol. The summed E-state index contributed by atoms with van der Waals surface area (Å²) < 4.78 is 25.0. The molecular weight excluding hydrogens is 559 g/mol. The quantitative estimate of drug-likeness (QED) is 0.172. The third-order valence-electron chi connectivity index (χ3n) is 9.32. The maximum atomic E-state index is 14.3. The zero-order chi connectivity index (χ0) is 31.2. The van der Waals surface area contributed by atoms with Crippen LogP contribution in [0.4, 0.5) is 4.39 Å². The van der Waals surface area contributed by atoms with Crippen LogP contribution < -0.4 is 4.74 Å². The Morgan fingerprint density at radius 2 is 1.71 bits per heavy atom. The molecule has 5 nitrogen and oxygen atoms in total. The van der Waals surface area contributed by atoms with Crippen LogP contribution in [0.15, 0.2) is 90.6 Å². The van der Waals surface area contributed by atoms with Crippen molar-refractivity contribution in [3.05, 3.63) is 119 Å². The van der Waals surface area contributed by atoms with Crippen LogP contribution in [0.25, 0.3) is 33.3 Å². The Labute approximate surface area is 264 Å². The van der Waals surface area contributed by atoms with Gasteiger partial charge in [-0.25, -0.2) is 14.1 Å². The minimum absolute atomic E-state index is 0.325. The Hall–Kier alpha value is -4.71. The van der Waals surface area contributed by atoms with Gasteiger partial charge in [0.05, 0.1) is 22.4 Å². The smallest absolute Gasteiger partial charge is 0.140 e. The number of fused-ring (bicyclic) bond motifs is 3. The second-order valence-corrected chi connectivity index (χ2v) is 12.4. The van der Waals surface area contributed by atoms with Crippen molar-refractivity contribution in [2.75, 3.05) is 0 Å². The van der Waals surface area contributed by atoms with Gasteiger partial charge in [0.1, 0.15) is 23.1 Å². The second-order valence-electron chi connectivity index (χ2n) is 12.4. The standard InChI is InChI=1S/C39H39FN4O/c1-6-33-39(38-25(4)11-10-12-26(38)5)34(7-2)44(42-33)28-19-24(3)20-30(22-28)45-29-15-16-32-31-13-8-9-14-35(31)43(36(32)23-29)37-21-27(40)17-18-41-37/h8-9,11,13-23,26,38H,6-7,10,12H2,1-5H3/t26-,38+/m0/s1. The molecule has 0 saturated heterocycles. The number of halogens is 1. The molecule has 1 aliphatic carbocycles. The highest BCUT2D eigenvalue weighted by atomic mass is 19.1. The van der Waals surface area contributed by atoms with E-state index in [9.17, 15) is 4.39 Å². The summed E-state index contributed by atoms with van der Waals surface area (Å²) in [4.78, 5) is 4.50. The molecule has 6 aromatic rings. The van der Waals surface area contributed by atoms with Crippen LogP contribution in [0.1, 0.15) is 69.0 Å². The van der Waals surface area contributed by atoms with Crippen LogP contribution in [0.2, 0.25) is 0 Å². The molecule has 0 N–H and O–H groups in total. The zero-order valence-corrected chi connectivity index (χ0v) is 26.6. The average Bonchev–Trinajstić information content (AvgIpc) is 3.56. The van der Waals surface area contributed by atoms with E-state index < -0.39 is 0 Å². The molecule has 3 heterocycles. The molecule has 45 heavy (non-hydrogen) atoms. The van der Waals surface area contributed by atoms with E-state index in [2.05, 4.69) is 80.7 Å². The van der Waals surface area contributed by atoms with Gasteiger partial charge in [-0.15, -0.1) is 0 Å². The lowest BCUT2D eigenvalue weighted by atomic mass is 9.74. The molecule has 0 bridgehead atoms. The van der Waals surface area contributed by atoms with Crippen molar-refractivity contribution in [3.8, 4) is 23.0 Å². The largest absolute Gasteiger partial charge is 0.457 e. The van der Waals surface area contributed by atoms with Crippen molar-refractivity contribution in [3.63, 3.8) is 0 Å². The van der Waals surface area contributed by atoms with E-state index in [-0.39, 0.29) is 5.82 Å². The van der Waals surface area contributed by atoms with Gasteiger partial charge in [0.25, 0.3) is 0 Å². The molecule has 0 unspecified atom stereocenters. The number of ether oxygens (including phenoxy) is 1. The second kappa shape index (κ2) is 11.7. The molecule has 0 fully saturated rings. The fourth-order valence-electron chi connectivity index (χ4n) is 7.34. The summed E-state index contributed by atoms with van der Waals surface area (Å²) in [6.07, 6.45) is 8.08. The number of aryl methyl sites for hydroxylation is 2. The molecule has 2 atom stereocenters. The first-order chi connectivity index (χ1) is 21.9. The van der Waals surface area contributed by atoms with Crippen molar-refractivity contribution < 1.29 is 9.13 Å². The molecule has 0 aliphatic heterocycles. The molecule has 0 saturated carbocycles. The third kappa shape index (κ3) is 5.12. The Morgan fingerprint density at radius 1 is 0.889 bits per heavy atom. The third-order valence-corrected chi connectivity index (χ3v) is 9.32. The average molecular weight is 599 g/mol. The Morgan fingerprint density at radius 3 is 2.49 bits per heavy atom. The van der Waals surface area contributed by atoms with Crippen molar-refractivity contribution >= 4 is 21.8 Å². The molecule has 1 aliphatic rings. The topological polar surface area (TPSA) is 44.9 Å². The first-order valence-corrected chi connectivity index (χ1v) is 16.1. The zero-order valence-electron chi connectivity index (χ0n) is 26.6. The van der Waals surface area contributed by atoms with Gasteiger partial charge < -0.3 is 4.74 Å². The molecule has 0 spiro atoms. The molecular formula is C39H39FN4O. The van der Waals surface area contributed by atoms with Gasteiger partial charge in [0, 0.05) is 52.3 Å². The molecule has 0 amide bonds. The summed E-state index contributed by atoms with van der Waals surface area (Å²) in [6, 6.07) is 23.4. The maximum Gasteiger partial charge on any atom is 0.140 e. The van der Waals surface area contributed by atoms with Crippen LogP contribution in [-0.2, 0) is 12.8 Å². The van der Waals surface area contributed by atoms with E-state index in [1.807, 2.05) is 34.9 Å². The molecule has 7 rings (SSSR count). The van der Waals surface area contributed by atoms with Crippen molar-refractivity contribution in [1.82, 2.24) is 19.3 Å². The number of allylic oxidation sites excluding steroid dienone is 2. The molecule has 228 valence electrons. The van der Waals surface area contributed by atoms with Crippen LogP contribution in [0, 0.1) is 18.7 Å². The Bertz CT molecular complexity index is 2080. The van der Waals surface area contributed by atoms with Gasteiger partial charge in [0.15, 0.2) is 0 Å². The van der Waals surface area contributed by atoms with Crippen LogP contribution >= 0.6 is 0 Å². The Kier molecular flexibility index (Phi) is 7.52. The highest BCUT2D eigenvalue weighted by Gasteiger charge is 2.31. The van der Waals surface area contributed by atoms with E-state index in [1.165, 1.54) is 47.3 Å². The van der Waals surface area contributed by atoms with Gasteiger partial charge in [-0.1, -0.05) is 50.6 Å². The van der Waals surface area contributed by atoms with Gasteiger partial charge >= 0.3 is 0 Å². The molecule has 3 aromatic carbocycles. The van der Waals surface area contributed by atoms with Gasteiger partial charge in [-0.3, -0.25) is 4.57 Å². The van der Waals surface area contributed by atoms with Gasteiger partial charge in [-0.2, -0.15) is 5.10 Å². The summed E-state index contributed by atoms with van der Waals surface area (Å²) in [5, 5.41) is 7.35. The number of para-hydroxylation sites is 1. The van der Waals surface area contributed by atoms with E-state index in [4.69, 9.17) is 9.84 Å². The lowest BCUT2D eigenvalue weighted by Crippen LogP contribution is -2.17. The van der Waals surface area contributed by atoms with Crippen molar-refractivity contribution in [2.24, 2.45) is 5.92 Å². The maximum absolute atomic E-state index is 14.3. The predicted octanol–water partition coefficient (Wildman–Crippen LogP) is 10.2. The highest BCUT2D eigenvalue weighted by molar-refractivity contribution is 6.09. The number of pyridine rings is 1. The van der Waals surface area contributed by atoms with E-state index in [1.54, 1.807) is 0 Å². The SMILES string of the molecule is CCc1nn(-c2cc(C)cc(Oc3ccc4c5ccccc5n(-c5cc(F)ccn5)c4c3)c2)c(CC)c1[C@@H]1C(C)=CCC[C@@H]1C. The summed E-state index contributed by atoms with van der Waals surface area (Å²) in [5.74, 6) is 2.64. The summed E-state index contributed by atoms with van der Waals surface area (Å²) in [7, 11) is 0. The molecule has 3 aromatic heterocycles. The number of hydrogen-bond donors (Lipinski definition) is 0. The molecule has 6 heteroatoms. The van der Waals surface area contributed by atoms with E-state index in [0.29, 0.717) is 23.4 Å². The lowest BCUT2D eigenvalue weighted by molar-refractivity contribution is 0.446. The minimum atomic E-state index is -0.325. The highest BCUT2D eigenvalue weighted by Crippen LogP contribution is 2.42. The van der Waals surface area contributed by atoms with Crippen LogP contribution in [-0.4, -0.2) is 19.3 Å². The van der Waals surface area contributed by atoms with E-state index in [0.717, 1.165) is 58.1 Å². The first kappa shape index (κ1) is 29.0.